The molecule has 1 aromatic rings. The fourth-order valence-electron chi connectivity index (χ4n) is 2.66. The SMILES string of the molecule is CC(=O)c1ccc(NC(=O)CN(C(C)=O)C2CCS(=O)(=O)C2)cc1. The Labute approximate surface area is 140 Å². The van der Waals surface area contributed by atoms with Gasteiger partial charge in [0.25, 0.3) is 0 Å². The van der Waals surface area contributed by atoms with Crippen molar-refractivity contribution in [3.63, 3.8) is 0 Å². The highest BCUT2D eigenvalue weighted by Gasteiger charge is 2.34. The molecule has 0 aromatic heterocycles. The number of hydrogen-bond acceptors (Lipinski definition) is 5. The number of rotatable bonds is 5. The topological polar surface area (TPSA) is 101 Å². The van der Waals surface area contributed by atoms with Gasteiger partial charge in [0.2, 0.25) is 11.8 Å². The minimum Gasteiger partial charge on any atom is -0.330 e. The Morgan fingerprint density at radius 2 is 1.79 bits per heavy atom. The van der Waals surface area contributed by atoms with E-state index in [0.717, 1.165) is 0 Å². The van der Waals surface area contributed by atoms with Gasteiger partial charge in [-0.05, 0) is 37.6 Å². The van der Waals surface area contributed by atoms with E-state index in [-0.39, 0.29) is 29.7 Å². The molecule has 24 heavy (non-hydrogen) atoms. The smallest absolute Gasteiger partial charge is 0.244 e. The van der Waals surface area contributed by atoms with Gasteiger partial charge in [-0.25, -0.2) is 8.42 Å². The van der Waals surface area contributed by atoms with E-state index in [0.29, 0.717) is 17.7 Å². The van der Waals surface area contributed by atoms with Crippen molar-refractivity contribution in [1.82, 2.24) is 4.90 Å². The molecule has 1 N–H and O–H groups in total. The molecule has 1 atom stereocenters. The van der Waals surface area contributed by atoms with Crippen LogP contribution in [0, 0.1) is 0 Å². The number of hydrogen-bond donors (Lipinski definition) is 1. The number of benzene rings is 1. The van der Waals surface area contributed by atoms with E-state index in [2.05, 4.69) is 5.32 Å². The van der Waals surface area contributed by atoms with Gasteiger partial charge in [0, 0.05) is 24.2 Å². The van der Waals surface area contributed by atoms with Crippen LogP contribution in [0.1, 0.15) is 30.6 Å². The molecule has 1 aliphatic heterocycles. The van der Waals surface area contributed by atoms with Gasteiger partial charge in [-0.1, -0.05) is 0 Å². The first-order valence-electron chi connectivity index (χ1n) is 7.56. The molecule has 8 heteroatoms. The summed E-state index contributed by atoms with van der Waals surface area (Å²) in [4.78, 5) is 36.4. The molecule has 2 amide bonds. The van der Waals surface area contributed by atoms with Crippen LogP contribution in [0.3, 0.4) is 0 Å². The summed E-state index contributed by atoms with van der Waals surface area (Å²) in [5.41, 5.74) is 1.04. The number of sulfone groups is 1. The molecule has 0 saturated carbocycles. The Morgan fingerprint density at radius 3 is 2.25 bits per heavy atom. The molecule has 0 radical (unpaired) electrons. The first-order valence-corrected chi connectivity index (χ1v) is 9.38. The van der Waals surface area contributed by atoms with Crippen molar-refractivity contribution in [2.45, 2.75) is 26.3 Å². The number of nitrogens with zero attached hydrogens (tertiary/aromatic N) is 1. The zero-order valence-corrected chi connectivity index (χ0v) is 14.4. The van der Waals surface area contributed by atoms with Gasteiger partial charge >= 0.3 is 0 Å². The van der Waals surface area contributed by atoms with Gasteiger partial charge in [0.1, 0.15) is 6.54 Å². The van der Waals surface area contributed by atoms with Crippen LogP contribution in [0.5, 0.6) is 0 Å². The summed E-state index contributed by atoms with van der Waals surface area (Å²) in [5, 5.41) is 2.64. The summed E-state index contributed by atoms with van der Waals surface area (Å²) >= 11 is 0. The van der Waals surface area contributed by atoms with Crippen LogP contribution in [0.2, 0.25) is 0 Å². The molecule has 1 unspecified atom stereocenters. The van der Waals surface area contributed by atoms with E-state index in [4.69, 9.17) is 0 Å². The number of Topliss-reactive ketones (excluding diaryl/α,β-unsaturated/α-hetero) is 1. The highest BCUT2D eigenvalue weighted by Crippen LogP contribution is 2.18. The lowest BCUT2D eigenvalue weighted by Crippen LogP contribution is -2.44. The Bertz CT molecular complexity index is 755. The van der Waals surface area contributed by atoms with Crippen LogP contribution in [0.4, 0.5) is 5.69 Å². The molecule has 1 aliphatic rings. The summed E-state index contributed by atoms with van der Waals surface area (Å²) in [6.07, 6.45) is 0.350. The minimum absolute atomic E-state index is 0.0373. The number of anilines is 1. The maximum Gasteiger partial charge on any atom is 0.244 e. The van der Waals surface area contributed by atoms with E-state index >= 15 is 0 Å². The van der Waals surface area contributed by atoms with Crippen LogP contribution in [0.15, 0.2) is 24.3 Å². The van der Waals surface area contributed by atoms with Crippen LogP contribution in [-0.2, 0) is 19.4 Å². The fraction of sp³-hybridized carbons (Fsp3) is 0.438. The molecular formula is C16H20N2O5S. The van der Waals surface area contributed by atoms with Crippen LogP contribution >= 0.6 is 0 Å². The van der Waals surface area contributed by atoms with E-state index in [1.165, 1.54) is 18.7 Å². The molecule has 1 fully saturated rings. The van der Waals surface area contributed by atoms with E-state index < -0.39 is 21.8 Å². The largest absolute Gasteiger partial charge is 0.330 e. The summed E-state index contributed by atoms with van der Waals surface area (Å²) < 4.78 is 23.1. The van der Waals surface area contributed by atoms with Gasteiger partial charge in [-0.3, -0.25) is 14.4 Å². The van der Waals surface area contributed by atoms with Crippen LogP contribution in [-0.4, -0.2) is 55.0 Å². The minimum atomic E-state index is -3.14. The lowest BCUT2D eigenvalue weighted by atomic mass is 10.1. The predicted octanol–water partition coefficient (Wildman–Crippen LogP) is 0.863. The molecule has 1 heterocycles. The summed E-state index contributed by atoms with van der Waals surface area (Å²) in [6.45, 7) is 2.57. The van der Waals surface area contributed by atoms with E-state index in [9.17, 15) is 22.8 Å². The maximum absolute atomic E-state index is 12.1. The van der Waals surface area contributed by atoms with Crippen LogP contribution < -0.4 is 5.32 Å². The maximum atomic E-state index is 12.1. The van der Waals surface area contributed by atoms with Gasteiger partial charge < -0.3 is 10.2 Å². The molecular weight excluding hydrogens is 332 g/mol. The molecule has 0 bridgehead atoms. The van der Waals surface area contributed by atoms with Crippen molar-refractivity contribution in [1.29, 1.82) is 0 Å². The lowest BCUT2D eigenvalue weighted by Gasteiger charge is -2.26. The third-order valence-electron chi connectivity index (χ3n) is 3.94. The predicted molar refractivity (Wildman–Crippen MR) is 89.5 cm³/mol. The second-order valence-electron chi connectivity index (χ2n) is 5.89. The monoisotopic (exact) mass is 352 g/mol. The third kappa shape index (κ3) is 4.64. The molecule has 1 saturated heterocycles. The van der Waals surface area contributed by atoms with Gasteiger partial charge in [0.05, 0.1) is 11.5 Å². The van der Waals surface area contributed by atoms with Gasteiger partial charge in [0.15, 0.2) is 15.6 Å². The van der Waals surface area contributed by atoms with Crippen molar-refractivity contribution < 1.29 is 22.8 Å². The van der Waals surface area contributed by atoms with Crippen molar-refractivity contribution in [3.05, 3.63) is 29.8 Å². The number of carbonyl (C=O) groups excluding carboxylic acids is 3. The summed E-state index contributed by atoms with van der Waals surface area (Å²) in [7, 11) is -3.14. The fourth-order valence-corrected chi connectivity index (χ4v) is 4.39. The first-order chi connectivity index (χ1) is 11.2. The van der Waals surface area contributed by atoms with Crippen molar-refractivity contribution >= 4 is 33.1 Å². The Morgan fingerprint density at radius 1 is 1.17 bits per heavy atom. The Hall–Kier alpha value is -2.22. The normalized spacial score (nSPS) is 18.8. The van der Waals surface area contributed by atoms with Gasteiger partial charge in [-0.15, -0.1) is 0 Å². The highest BCUT2D eigenvalue weighted by molar-refractivity contribution is 7.91. The summed E-state index contributed by atoms with van der Waals surface area (Å²) in [5.74, 6) is -0.884. The number of ketones is 1. The molecule has 2 rings (SSSR count). The number of carbonyl (C=O) groups is 3. The molecule has 130 valence electrons. The Kier molecular flexibility index (Phi) is 5.38. The van der Waals surface area contributed by atoms with Gasteiger partial charge in [-0.2, -0.15) is 0 Å². The van der Waals surface area contributed by atoms with E-state index in [1.807, 2.05) is 0 Å². The van der Waals surface area contributed by atoms with E-state index in [1.54, 1.807) is 24.3 Å². The Balaban J connectivity index is 2.00. The molecule has 0 spiro atoms. The van der Waals surface area contributed by atoms with Crippen molar-refractivity contribution in [2.75, 3.05) is 23.4 Å². The van der Waals surface area contributed by atoms with Crippen LogP contribution in [0.25, 0.3) is 0 Å². The quantitative estimate of drug-likeness (QED) is 0.792. The number of nitrogens with one attached hydrogen (secondary N) is 1. The highest BCUT2D eigenvalue weighted by atomic mass is 32.2. The average Bonchev–Trinajstić information content (AvgIpc) is 2.85. The molecule has 0 aliphatic carbocycles. The summed E-state index contributed by atoms with van der Waals surface area (Å²) in [6, 6.07) is 5.95. The lowest BCUT2D eigenvalue weighted by molar-refractivity contribution is -0.134. The first kappa shape index (κ1) is 18.1. The van der Waals surface area contributed by atoms with Crippen molar-refractivity contribution in [3.8, 4) is 0 Å². The zero-order valence-electron chi connectivity index (χ0n) is 13.6. The van der Waals surface area contributed by atoms with Crippen molar-refractivity contribution in [2.24, 2.45) is 0 Å². The third-order valence-corrected chi connectivity index (χ3v) is 5.69. The molecule has 7 nitrogen and oxygen atoms in total. The molecule has 1 aromatic carbocycles. The second kappa shape index (κ2) is 7.12. The second-order valence-corrected chi connectivity index (χ2v) is 8.11. The average molecular weight is 352 g/mol. The standard InChI is InChI=1S/C16H20N2O5S/c1-11(19)13-3-5-14(6-4-13)17-16(21)9-18(12(2)20)15-7-8-24(22,23)10-15/h3-6,15H,7-10H2,1-2H3,(H,17,21). The number of amides is 2. The zero-order chi connectivity index (χ0) is 17.9.